The maximum Gasteiger partial charge on any atom is 0.139 e. The molecule has 2 nitrogen and oxygen atoms in total. The molecule has 98 valence electrons. The Hall–Kier alpha value is -1.31. The molecule has 0 amide bonds. The van der Waals surface area contributed by atoms with E-state index in [1.54, 1.807) is 0 Å². The number of aryl methyl sites for hydroxylation is 1. The van der Waals surface area contributed by atoms with Crippen LogP contribution in [0.2, 0.25) is 0 Å². The summed E-state index contributed by atoms with van der Waals surface area (Å²) in [7, 11) is 0. The molecule has 0 aliphatic rings. The van der Waals surface area contributed by atoms with Crippen LogP contribution in [0.1, 0.15) is 45.6 Å². The number of hydrogen-bond donors (Lipinski definition) is 0. The summed E-state index contributed by atoms with van der Waals surface area (Å²) in [5.74, 6) is 0.756. The summed E-state index contributed by atoms with van der Waals surface area (Å²) < 4.78 is 2.24. The van der Waals surface area contributed by atoms with Crippen molar-refractivity contribution in [1.29, 1.82) is 0 Å². The summed E-state index contributed by atoms with van der Waals surface area (Å²) in [6.07, 6.45) is 9.08. The quantitative estimate of drug-likeness (QED) is 0.735. The third-order valence-electron chi connectivity index (χ3n) is 3.49. The Morgan fingerprint density at radius 1 is 1.28 bits per heavy atom. The van der Waals surface area contributed by atoms with E-state index in [1.165, 1.54) is 23.8 Å². The fraction of sp³-hybridized carbons (Fsp3) is 0.562. The van der Waals surface area contributed by atoms with Crippen molar-refractivity contribution >= 4 is 11.0 Å². The Balaban J connectivity index is 2.18. The van der Waals surface area contributed by atoms with Gasteiger partial charge in [-0.2, -0.15) is 0 Å². The highest BCUT2D eigenvalue weighted by atomic mass is 15.0. The number of pyridine rings is 1. The molecule has 2 rings (SSSR count). The molecular formula is C16H24N2. The monoisotopic (exact) mass is 244 g/mol. The maximum absolute atomic E-state index is 4.64. The molecule has 0 N–H and O–H groups in total. The molecule has 0 aliphatic carbocycles. The molecule has 0 spiro atoms. The molecule has 2 heteroatoms. The normalized spacial score (nSPS) is 13.1. The number of hydrogen-bond acceptors (Lipinski definition) is 1. The molecule has 0 saturated carbocycles. The van der Waals surface area contributed by atoms with Crippen molar-refractivity contribution in [3.63, 3.8) is 0 Å². The van der Waals surface area contributed by atoms with Gasteiger partial charge in [-0.05, 0) is 36.5 Å². The highest BCUT2D eigenvalue weighted by Crippen LogP contribution is 2.19. The average molecular weight is 244 g/mol. The molecule has 0 aliphatic heterocycles. The number of nitrogens with zero attached hydrogens (tertiary/aromatic N) is 2. The lowest BCUT2D eigenvalue weighted by Gasteiger charge is -2.10. The van der Waals surface area contributed by atoms with Gasteiger partial charge in [0.05, 0.1) is 0 Å². The maximum atomic E-state index is 4.64. The van der Waals surface area contributed by atoms with Crippen molar-refractivity contribution in [3.8, 4) is 0 Å². The largest absolute Gasteiger partial charge is 0.333 e. The summed E-state index contributed by atoms with van der Waals surface area (Å²) in [6, 6.07) is 4.49. The predicted octanol–water partition coefficient (Wildman–Crippen LogP) is 4.43. The first-order valence-electron chi connectivity index (χ1n) is 7.18. The molecule has 0 radical (unpaired) electrons. The fourth-order valence-corrected chi connectivity index (χ4v) is 2.65. The summed E-state index contributed by atoms with van der Waals surface area (Å²) in [5, 5.41) is 1.28. The van der Waals surface area contributed by atoms with Gasteiger partial charge >= 0.3 is 0 Å². The van der Waals surface area contributed by atoms with Crippen LogP contribution in [0.25, 0.3) is 11.0 Å². The Morgan fingerprint density at radius 3 is 2.83 bits per heavy atom. The molecule has 0 fully saturated rings. The SMILES string of the molecule is CCCC(C)Cc1cnc2c(ccn2CCC)c1. The first-order valence-corrected chi connectivity index (χ1v) is 7.18. The zero-order chi connectivity index (χ0) is 13.0. The van der Waals surface area contributed by atoms with E-state index >= 15 is 0 Å². The van der Waals surface area contributed by atoms with Gasteiger partial charge in [0, 0.05) is 24.3 Å². The molecule has 18 heavy (non-hydrogen) atoms. The van der Waals surface area contributed by atoms with Gasteiger partial charge in [0.25, 0.3) is 0 Å². The Morgan fingerprint density at radius 2 is 2.11 bits per heavy atom. The molecule has 0 saturated heterocycles. The van der Waals surface area contributed by atoms with E-state index < -0.39 is 0 Å². The number of aromatic nitrogens is 2. The lowest BCUT2D eigenvalue weighted by Crippen LogP contribution is -2.01. The van der Waals surface area contributed by atoms with Crippen LogP contribution in [0, 0.1) is 5.92 Å². The highest BCUT2D eigenvalue weighted by Gasteiger charge is 2.06. The van der Waals surface area contributed by atoms with Crippen LogP contribution >= 0.6 is 0 Å². The second kappa shape index (κ2) is 6.03. The minimum atomic E-state index is 0.756. The van der Waals surface area contributed by atoms with Crippen molar-refractivity contribution in [2.75, 3.05) is 0 Å². The van der Waals surface area contributed by atoms with Crippen molar-refractivity contribution in [2.24, 2.45) is 5.92 Å². The fourth-order valence-electron chi connectivity index (χ4n) is 2.65. The van der Waals surface area contributed by atoms with Gasteiger partial charge in [-0.15, -0.1) is 0 Å². The van der Waals surface area contributed by atoms with E-state index in [0.29, 0.717) is 0 Å². The Labute approximate surface area is 110 Å². The number of fused-ring (bicyclic) bond motifs is 1. The van der Waals surface area contributed by atoms with Gasteiger partial charge in [0.15, 0.2) is 0 Å². The lowest BCUT2D eigenvalue weighted by atomic mass is 9.98. The van der Waals surface area contributed by atoms with Crippen LogP contribution in [-0.4, -0.2) is 9.55 Å². The molecule has 0 bridgehead atoms. The van der Waals surface area contributed by atoms with Crippen LogP contribution in [0.4, 0.5) is 0 Å². The van der Waals surface area contributed by atoms with E-state index in [-0.39, 0.29) is 0 Å². The molecule has 1 unspecified atom stereocenters. The summed E-state index contributed by atoms with van der Waals surface area (Å²) >= 11 is 0. The van der Waals surface area contributed by atoms with E-state index in [9.17, 15) is 0 Å². The topological polar surface area (TPSA) is 17.8 Å². The van der Waals surface area contributed by atoms with Crippen LogP contribution in [-0.2, 0) is 13.0 Å². The van der Waals surface area contributed by atoms with Crippen LogP contribution in [0.15, 0.2) is 24.5 Å². The predicted molar refractivity (Wildman–Crippen MR) is 77.8 cm³/mol. The van der Waals surface area contributed by atoms with E-state index in [2.05, 4.69) is 54.8 Å². The third kappa shape index (κ3) is 2.92. The van der Waals surface area contributed by atoms with Crippen LogP contribution in [0.3, 0.4) is 0 Å². The second-order valence-electron chi connectivity index (χ2n) is 5.36. The number of rotatable bonds is 6. The van der Waals surface area contributed by atoms with Crippen LogP contribution in [0.5, 0.6) is 0 Å². The van der Waals surface area contributed by atoms with Gasteiger partial charge in [0.1, 0.15) is 5.65 Å². The van der Waals surface area contributed by atoms with Gasteiger partial charge in [-0.3, -0.25) is 0 Å². The molecule has 2 aromatic rings. The van der Waals surface area contributed by atoms with Gasteiger partial charge in [-0.25, -0.2) is 4.98 Å². The third-order valence-corrected chi connectivity index (χ3v) is 3.49. The van der Waals surface area contributed by atoms with Crippen molar-refractivity contribution < 1.29 is 0 Å². The molecular weight excluding hydrogens is 220 g/mol. The van der Waals surface area contributed by atoms with E-state index in [4.69, 9.17) is 0 Å². The van der Waals surface area contributed by atoms with Gasteiger partial charge in [-0.1, -0.05) is 33.6 Å². The molecule has 2 aromatic heterocycles. The van der Waals surface area contributed by atoms with Crippen molar-refractivity contribution in [3.05, 3.63) is 30.1 Å². The second-order valence-corrected chi connectivity index (χ2v) is 5.36. The summed E-state index contributed by atoms with van der Waals surface area (Å²) in [6.45, 7) is 7.84. The summed E-state index contributed by atoms with van der Waals surface area (Å²) in [5.41, 5.74) is 2.50. The minimum Gasteiger partial charge on any atom is -0.333 e. The standard InChI is InChI=1S/C16H24N2/c1-4-6-13(3)10-14-11-15-7-9-18(8-5-2)16(15)17-12-14/h7,9,11-13H,4-6,8,10H2,1-3H3. The van der Waals surface area contributed by atoms with E-state index in [1.807, 2.05) is 0 Å². The molecule has 0 aromatic carbocycles. The van der Waals surface area contributed by atoms with Crippen molar-refractivity contribution in [2.45, 2.75) is 53.0 Å². The Bertz CT molecular complexity index is 499. The minimum absolute atomic E-state index is 0.756. The van der Waals surface area contributed by atoms with Crippen LogP contribution < -0.4 is 0 Å². The van der Waals surface area contributed by atoms with Crippen molar-refractivity contribution in [1.82, 2.24) is 9.55 Å². The average Bonchev–Trinajstić information content (AvgIpc) is 2.73. The van der Waals surface area contributed by atoms with Gasteiger partial charge < -0.3 is 4.57 Å². The first kappa shape index (κ1) is 13.1. The summed E-state index contributed by atoms with van der Waals surface area (Å²) in [4.78, 5) is 4.64. The molecule has 1 atom stereocenters. The zero-order valence-corrected chi connectivity index (χ0v) is 11.8. The Kier molecular flexibility index (Phi) is 4.40. The first-order chi connectivity index (χ1) is 8.74. The molecule has 2 heterocycles. The van der Waals surface area contributed by atoms with E-state index in [0.717, 1.165) is 31.0 Å². The lowest BCUT2D eigenvalue weighted by molar-refractivity contribution is 0.522. The smallest absolute Gasteiger partial charge is 0.139 e. The van der Waals surface area contributed by atoms with Gasteiger partial charge in [0.2, 0.25) is 0 Å². The zero-order valence-electron chi connectivity index (χ0n) is 11.8. The highest BCUT2D eigenvalue weighted by molar-refractivity contribution is 5.76.